The fraction of sp³-hybridized carbons (Fsp3) is 0.500. The molecule has 1 atom stereocenters. The first-order chi connectivity index (χ1) is 11.0. The molecule has 1 N–H and O–H groups in total. The van der Waals surface area contributed by atoms with Crippen molar-refractivity contribution in [1.82, 2.24) is 19.9 Å². The normalized spacial score (nSPS) is 16.5. The SMILES string of the molecule is Cc1cc(N2CCN(c3ccnc([C@@H](C)O)n3)CC2)nc(C)n1. The van der Waals surface area contributed by atoms with Crippen LogP contribution in [0.2, 0.25) is 0 Å². The van der Waals surface area contributed by atoms with Crippen molar-refractivity contribution < 1.29 is 5.11 Å². The lowest BCUT2D eigenvalue weighted by Crippen LogP contribution is -2.47. The summed E-state index contributed by atoms with van der Waals surface area (Å²) < 4.78 is 0. The van der Waals surface area contributed by atoms with Gasteiger partial charge in [-0.1, -0.05) is 0 Å². The third kappa shape index (κ3) is 3.56. The largest absolute Gasteiger partial charge is 0.385 e. The van der Waals surface area contributed by atoms with Crippen LogP contribution in [0.25, 0.3) is 0 Å². The first-order valence-corrected chi connectivity index (χ1v) is 7.86. The molecule has 1 saturated heterocycles. The number of aryl methyl sites for hydroxylation is 2. The lowest BCUT2D eigenvalue weighted by molar-refractivity contribution is 0.189. The number of hydrogen-bond acceptors (Lipinski definition) is 7. The van der Waals surface area contributed by atoms with Gasteiger partial charge in [-0.15, -0.1) is 0 Å². The third-order valence-electron chi connectivity index (χ3n) is 3.91. The summed E-state index contributed by atoms with van der Waals surface area (Å²) in [6.45, 7) is 9.07. The predicted molar refractivity (Wildman–Crippen MR) is 88.6 cm³/mol. The van der Waals surface area contributed by atoms with Crippen molar-refractivity contribution in [2.45, 2.75) is 26.9 Å². The zero-order chi connectivity index (χ0) is 16.4. The van der Waals surface area contributed by atoms with Crippen molar-refractivity contribution >= 4 is 11.6 Å². The van der Waals surface area contributed by atoms with Crippen molar-refractivity contribution in [3.8, 4) is 0 Å². The molecule has 122 valence electrons. The minimum absolute atomic E-state index is 0.465. The van der Waals surface area contributed by atoms with Gasteiger partial charge in [-0.2, -0.15) is 0 Å². The molecule has 7 heteroatoms. The Bertz CT molecular complexity index is 662. The maximum absolute atomic E-state index is 9.62. The lowest BCUT2D eigenvalue weighted by atomic mass is 10.3. The van der Waals surface area contributed by atoms with Crippen LogP contribution in [0.4, 0.5) is 11.6 Å². The average Bonchev–Trinajstić information content (AvgIpc) is 2.54. The molecule has 2 aromatic rings. The van der Waals surface area contributed by atoms with E-state index in [0.29, 0.717) is 5.82 Å². The first kappa shape index (κ1) is 15.6. The molecule has 0 bridgehead atoms. The second-order valence-corrected chi connectivity index (χ2v) is 5.84. The Morgan fingerprint density at radius 2 is 1.65 bits per heavy atom. The van der Waals surface area contributed by atoms with E-state index >= 15 is 0 Å². The van der Waals surface area contributed by atoms with Gasteiger partial charge >= 0.3 is 0 Å². The van der Waals surface area contributed by atoms with Gasteiger partial charge in [-0.3, -0.25) is 0 Å². The van der Waals surface area contributed by atoms with Crippen LogP contribution in [-0.4, -0.2) is 51.2 Å². The second-order valence-electron chi connectivity index (χ2n) is 5.84. The molecule has 1 aliphatic rings. The van der Waals surface area contributed by atoms with Crippen LogP contribution in [0.1, 0.15) is 30.4 Å². The van der Waals surface area contributed by atoms with Gasteiger partial charge in [-0.25, -0.2) is 19.9 Å². The second kappa shape index (κ2) is 6.45. The number of nitrogens with zero attached hydrogens (tertiary/aromatic N) is 6. The molecule has 0 saturated carbocycles. The lowest BCUT2D eigenvalue weighted by Gasteiger charge is -2.36. The number of rotatable bonds is 3. The van der Waals surface area contributed by atoms with Gasteiger partial charge in [0.15, 0.2) is 5.82 Å². The number of aliphatic hydroxyl groups excluding tert-OH is 1. The molecule has 7 nitrogen and oxygen atoms in total. The van der Waals surface area contributed by atoms with Gasteiger partial charge < -0.3 is 14.9 Å². The van der Waals surface area contributed by atoms with Crippen molar-refractivity contribution in [1.29, 1.82) is 0 Å². The summed E-state index contributed by atoms with van der Waals surface area (Å²) in [7, 11) is 0. The summed E-state index contributed by atoms with van der Waals surface area (Å²) in [6.07, 6.45) is 1.05. The van der Waals surface area contributed by atoms with Crippen LogP contribution in [-0.2, 0) is 0 Å². The van der Waals surface area contributed by atoms with Crippen LogP contribution in [0.3, 0.4) is 0 Å². The monoisotopic (exact) mass is 314 g/mol. The summed E-state index contributed by atoms with van der Waals surface area (Å²) in [4.78, 5) is 21.9. The van der Waals surface area contributed by atoms with Crippen LogP contribution in [0.15, 0.2) is 18.3 Å². The topological polar surface area (TPSA) is 78.3 Å². The molecular weight excluding hydrogens is 292 g/mol. The Labute approximate surface area is 136 Å². The molecule has 0 aromatic carbocycles. The quantitative estimate of drug-likeness (QED) is 0.914. The molecule has 2 aromatic heterocycles. The molecular formula is C16H22N6O. The highest BCUT2D eigenvalue weighted by atomic mass is 16.3. The highest BCUT2D eigenvalue weighted by molar-refractivity contribution is 5.45. The molecule has 0 aliphatic carbocycles. The zero-order valence-corrected chi connectivity index (χ0v) is 13.8. The fourth-order valence-corrected chi connectivity index (χ4v) is 2.77. The Morgan fingerprint density at radius 3 is 2.26 bits per heavy atom. The molecule has 0 radical (unpaired) electrons. The van der Waals surface area contributed by atoms with E-state index < -0.39 is 6.10 Å². The van der Waals surface area contributed by atoms with E-state index in [1.165, 1.54) is 0 Å². The van der Waals surface area contributed by atoms with E-state index in [4.69, 9.17) is 0 Å². The third-order valence-corrected chi connectivity index (χ3v) is 3.91. The Morgan fingerprint density at radius 1 is 1.00 bits per heavy atom. The number of aliphatic hydroxyl groups is 1. The van der Waals surface area contributed by atoms with E-state index in [1.54, 1.807) is 13.1 Å². The summed E-state index contributed by atoms with van der Waals surface area (Å²) in [5, 5.41) is 9.62. The van der Waals surface area contributed by atoms with Crippen molar-refractivity contribution in [2.75, 3.05) is 36.0 Å². The van der Waals surface area contributed by atoms with Crippen molar-refractivity contribution in [3.05, 3.63) is 35.7 Å². The summed E-state index contributed by atoms with van der Waals surface area (Å²) in [6, 6.07) is 3.92. The van der Waals surface area contributed by atoms with Crippen molar-refractivity contribution in [3.63, 3.8) is 0 Å². The Hall–Kier alpha value is -2.28. The van der Waals surface area contributed by atoms with Crippen LogP contribution >= 0.6 is 0 Å². The van der Waals surface area contributed by atoms with Crippen molar-refractivity contribution in [2.24, 2.45) is 0 Å². The predicted octanol–water partition coefficient (Wildman–Crippen LogP) is 1.26. The number of anilines is 2. The van der Waals surface area contributed by atoms with E-state index in [2.05, 4.69) is 29.7 Å². The highest BCUT2D eigenvalue weighted by Gasteiger charge is 2.20. The molecule has 3 heterocycles. The van der Waals surface area contributed by atoms with Gasteiger partial charge in [0, 0.05) is 44.1 Å². The average molecular weight is 314 g/mol. The Balaban J connectivity index is 1.69. The Kier molecular flexibility index (Phi) is 4.38. The van der Waals surface area contributed by atoms with Gasteiger partial charge in [0.05, 0.1) is 0 Å². The molecule has 1 fully saturated rings. The molecule has 0 amide bonds. The summed E-state index contributed by atoms with van der Waals surface area (Å²) in [5.41, 5.74) is 0.993. The van der Waals surface area contributed by atoms with Crippen LogP contribution in [0, 0.1) is 13.8 Å². The minimum atomic E-state index is -0.650. The van der Waals surface area contributed by atoms with E-state index in [0.717, 1.165) is 49.3 Å². The first-order valence-electron chi connectivity index (χ1n) is 7.86. The fourth-order valence-electron chi connectivity index (χ4n) is 2.77. The van der Waals surface area contributed by atoms with E-state index in [-0.39, 0.29) is 0 Å². The van der Waals surface area contributed by atoms with Gasteiger partial charge in [0.2, 0.25) is 0 Å². The molecule has 0 spiro atoms. The maximum Gasteiger partial charge on any atom is 0.158 e. The van der Waals surface area contributed by atoms with E-state index in [9.17, 15) is 5.11 Å². The van der Waals surface area contributed by atoms with Crippen LogP contribution < -0.4 is 9.80 Å². The van der Waals surface area contributed by atoms with Crippen LogP contribution in [0.5, 0.6) is 0 Å². The molecule has 3 rings (SSSR count). The highest BCUT2D eigenvalue weighted by Crippen LogP contribution is 2.19. The number of piperazine rings is 1. The summed E-state index contributed by atoms with van der Waals surface area (Å²) >= 11 is 0. The molecule has 1 aliphatic heterocycles. The maximum atomic E-state index is 9.62. The smallest absolute Gasteiger partial charge is 0.158 e. The standard InChI is InChI=1S/C16H22N6O/c1-11-10-15(19-13(3)18-11)22-8-6-21(7-9-22)14-4-5-17-16(20-14)12(2)23/h4-5,10,12,23H,6-9H2,1-3H3/t12-/m1/s1. The van der Waals surface area contributed by atoms with E-state index in [1.807, 2.05) is 26.0 Å². The van der Waals surface area contributed by atoms with Gasteiger partial charge in [-0.05, 0) is 26.8 Å². The number of aromatic nitrogens is 4. The van der Waals surface area contributed by atoms with Gasteiger partial charge in [0.25, 0.3) is 0 Å². The molecule has 0 unspecified atom stereocenters. The van der Waals surface area contributed by atoms with Gasteiger partial charge in [0.1, 0.15) is 23.6 Å². The zero-order valence-electron chi connectivity index (χ0n) is 13.8. The number of hydrogen-bond donors (Lipinski definition) is 1. The minimum Gasteiger partial charge on any atom is -0.385 e. The molecule has 23 heavy (non-hydrogen) atoms. The summed E-state index contributed by atoms with van der Waals surface area (Å²) in [5.74, 6) is 3.12.